The second-order valence-corrected chi connectivity index (χ2v) is 7.47. The van der Waals surface area contributed by atoms with Crippen LogP contribution in [-0.2, 0) is 6.54 Å². The number of anilines is 1. The van der Waals surface area contributed by atoms with Gasteiger partial charge in [0.1, 0.15) is 16.7 Å². The summed E-state index contributed by atoms with van der Waals surface area (Å²) < 4.78 is 28.8. The highest BCUT2D eigenvalue weighted by Crippen LogP contribution is 2.36. The number of amidine groups is 1. The number of pyridine rings is 2. The molecule has 1 aliphatic rings. The molecular weight excluding hydrogens is 410 g/mol. The van der Waals surface area contributed by atoms with Crippen molar-refractivity contribution in [2.75, 3.05) is 4.90 Å². The van der Waals surface area contributed by atoms with Crippen LogP contribution >= 0.6 is 11.6 Å². The first kappa shape index (κ1) is 20.2. The van der Waals surface area contributed by atoms with Gasteiger partial charge in [0, 0.05) is 36.3 Å². The summed E-state index contributed by atoms with van der Waals surface area (Å²) in [7, 11) is 0. The van der Waals surface area contributed by atoms with E-state index < -0.39 is 5.95 Å². The molecule has 0 saturated heterocycles. The maximum atomic E-state index is 13.9. The number of hydrogen-bond donors (Lipinski definition) is 0. The highest BCUT2D eigenvalue weighted by Gasteiger charge is 2.36. The third-order valence-electron chi connectivity index (χ3n) is 5.19. The van der Waals surface area contributed by atoms with E-state index in [4.69, 9.17) is 16.6 Å². The Morgan fingerprint density at radius 1 is 1.13 bits per heavy atom. The molecule has 4 rings (SSSR count). The van der Waals surface area contributed by atoms with Crippen molar-refractivity contribution < 1.29 is 8.78 Å². The fourth-order valence-electron chi connectivity index (χ4n) is 3.72. The molecule has 2 aromatic heterocycles. The van der Waals surface area contributed by atoms with E-state index in [1.54, 1.807) is 30.5 Å². The molecule has 5 nitrogen and oxygen atoms in total. The van der Waals surface area contributed by atoms with E-state index in [-0.39, 0.29) is 28.5 Å². The molecule has 0 bridgehead atoms. The van der Waals surface area contributed by atoms with Crippen molar-refractivity contribution in [1.82, 2.24) is 9.55 Å². The molecule has 0 fully saturated rings. The summed E-state index contributed by atoms with van der Waals surface area (Å²) in [6.07, 6.45) is 3.08. The SMILES string of the molecule is CCn1cc(C2=N[C@H](c3ccc(F)cc3)[C@H](C)N2c2ccnc(F)c2)cc(Cl)c1=O. The second kappa shape index (κ2) is 7.99. The lowest BCUT2D eigenvalue weighted by Crippen LogP contribution is -2.36. The van der Waals surface area contributed by atoms with Crippen LogP contribution in [-0.4, -0.2) is 21.4 Å². The molecule has 0 saturated carbocycles. The minimum absolute atomic E-state index is 0.0794. The van der Waals surface area contributed by atoms with Gasteiger partial charge in [-0.2, -0.15) is 4.39 Å². The number of rotatable bonds is 4. The van der Waals surface area contributed by atoms with E-state index >= 15 is 0 Å². The van der Waals surface area contributed by atoms with Gasteiger partial charge in [-0.3, -0.25) is 9.79 Å². The summed E-state index contributed by atoms with van der Waals surface area (Å²) in [6.45, 7) is 4.25. The topological polar surface area (TPSA) is 50.5 Å². The minimum Gasteiger partial charge on any atom is -0.321 e. The molecule has 1 aromatic carbocycles. The van der Waals surface area contributed by atoms with Crippen LogP contribution in [0.3, 0.4) is 0 Å². The maximum Gasteiger partial charge on any atom is 0.269 e. The van der Waals surface area contributed by atoms with E-state index in [0.29, 0.717) is 23.6 Å². The number of aryl methyl sites for hydroxylation is 1. The van der Waals surface area contributed by atoms with Crippen LogP contribution in [0.2, 0.25) is 5.02 Å². The normalized spacial score (nSPS) is 18.6. The highest BCUT2D eigenvalue weighted by atomic mass is 35.5. The van der Waals surface area contributed by atoms with Crippen molar-refractivity contribution in [2.24, 2.45) is 4.99 Å². The number of aromatic nitrogens is 2. The van der Waals surface area contributed by atoms with Gasteiger partial charge in [-0.1, -0.05) is 23.7 Å². The Balaban J connectivity index is 1.88. The zero-order valence-electron chi connectivity index (χ0n) is 16.4. The van der Waals surface area contributed by atoms with Gasteiger partial charge in [-0.05, 0) is 43.7 Å². The summed E-state index contributed by atoms with van der Waals surface area (Å²) in [5.41, 5.74) is 1.75. The zero-order valence-corrected chi connectivity index (χ0v) is 17.1. The largest absolute Gasteiger partial charge is 0.321 e. The monoisotopic (exact) mass is 428 g/mol. The number of aliphatic imine (C=N–C) groups is 1. The molecule has 154 valence electrons. The molecule has 1 aliphatic heterocycles. The Labute approximate surface area is 177 Å². The van der Waals surface area contributed by atoms with Crippen molar-refractivity contribution in [2.45, 2.75) is 32.5 Å². The molecule has 0 N–H and O–H groups in total. The third kappa shape index (κ3) is 3.61. The Morgan fingerprint density at radius 2 is 1.87 bits per heavy atom. The predicted octanol–water partition coefficient (Wildman–Crippen LogP) is 4.59. The van der Waals surface area contributed by atoms with Gasteiger partial charge >= 0.3 is 0 Å². The first-order valence-corrected chi connectivity index (χ1v) is 9.91. The summed E-state index contributed by atoms with van der Waals surface area (Å²) in [5.74, 6) is -0.393. The van der Waals surface area contributed by atoms with E-state index in [2.05, 4.69) is 4.98 Å². The molecular formula is C22H19ClF2N4O. The van der Waals surface area contributed by atoms with Crippen LogP contribution in [0.4, 0.5) is 14.5 Å². The van der Waals surface area contributed by atoms with Crippen LogP contribution in [0, 0.1) is 11.8 Å². The lowest BCUT2D eigenvalue weighted by molar-refractivity contribution is 0.580. The Morgan fingerprint density at radius 3 is 2.53 bits per heavy atom. The fraction of sp³-hybridized carbons (Fsp3) is 0.227. The van der Waals surface area contributed by atoms with Gasteiger partial charge < -0.3 is 9.47 Å². The first-order valence-electron chi connectivity index (χ1n) is 9.53. The highest BCUT2D eigenvalue weighted by molar-refractivity contribution is 6.31. The Bertz CT molecular complexity index is 1180. The molecule has 0 unspecified atom stereocenters. The molecule has 30 heavy (non-hydrogen) atoms. The van der Waals surface area contributed by atoms with E-state index in [0.717, 1.165) is 5.56 Å². The van der Waals surface area contributed by atoms with Gasteiger partial charge in [0.05, 0.1) is 12.1 Å². The second-order valence-electron chi connectivity index (χ2n) is 7.06. The van der Waals surface area contributed by atoms with Crippen LogP contribution in [0.1, 0.15) is 31.0 Å². The summed E-state index contributed by atoms with van der Waals surface area (Å²) in [6, 6.07) is 10.2. The summed E-state index contributed by atoms with van der Waals surface area (Å²) >= 11 is 6.18. The molecule has 3 aromatic rings. The van der Waals surface area contributed by atoms with Crippen molar-refractivity contribution in [3.63, 3.8) is 0 Å². The van der Waals surface area contributed by atoms with E-state index in [1.807, 2.05) is 18.7 Å². The number of hydrogen-bond acceptors (Lipinski definition) is 4. The zero-order chi connectivity index (χ0) is 21.4. The van der Waals surface area contributed by atoms with Crippen molar-refractivity contribution in [3.8, 4) is 0 Å². The van der Waals surface area contributed by atoms with Crippen LogP contribution in [0.5, 0.6) is 0 Å². The number of nitrogens with zero attached hydrogens (tertiary/aromatic N) is 4. The average Bonchev–Trinajstić information content (AvgIpc) is 3.07. The van der Waals surface area contributed by atoms with Gasteiger partial charge in [-0.25, -0.2) is 9.37 Å². The number of benzene rings is 1. The predicted molar refractivity (Wildman–Crippen MR) is 113 cm³/mol. The summed E-state index contributed by atoms with van der Waals surface area (Å²) in [5, 5.41) is 0.0794. The van der Waals surface area contributed by atoms with Gasteiger partial charge in [0.25, 0.3) is 5.56 Å². The molecule has 8 heteroatoms. The fourth-order valence-corrected chi connectivity index (χ4v) is 3.94. The average molecular weight is 429 g/mol. The molecule has 3 heterocycles. The Kier molecular flexibility index (Phi) is 5.39. The Hall–Kier alpha value is -3.06. The standard InChI is InChI=1S/C22H19ClF2N4O/c1-3-28-12-15(10-18(23)22(28)30)21-27-20(14-4-6-16(24)7-5-14)13(2)29(21)17-8-9-26-19(25)11-17/h4-13,20H,3H2,1-2H3/t13-,20-/m0/s1. The smallest absolute Gasteiger partial charge is 0.269 e. The lowest BCUT2D eigenvalue weighted by Gasteiger charge is -2.28. The lowest BCUT2D eigenvalue weighted by atomic mass is 10.0. The summed E-state index contributed by atoms with van der Waals surface area (Å²) in [4.78, 5) is 22.6. The molecule has 0 radical (unpaired) electrons. The minimum atomic E-state index is -0.610. The van der Waals surface area contributed by atoms with Gasteiger partial charge in [0.2, 0.25) is 5.95 Å². The maximum absolute atomic E-state index is 13.9. The van der Waals surface area contributed by atoms with Crippen molar-refractivity contribution in [3.05, 3.63) is 93.1 Å². The van der Waals surface area contributed by atoms with E-state index in [9.17, 15) is 13.6 Å². The molecule has 0 spiro atoms. The number of halogens is 3. The molecule has 2 atom stereocenters. The van der Waals surface area contributed by atoms with Crippen LogP contribution < -0.4 is 10.5 Å². The molecule has 0 aliphatic carbocycles. The quantitative estimate of drug-likeness (QED) is 0.571. The molecule has 0 amide bonds. The van der Waals surface area contributed by atoms with E-state index in [1.165, 1.54) is 29.0 Å². The first-order chi connectivity index (χ1) is 14.4. The van der Waals surface area contributed by atoms with Gasteiger partial charge in [0.15, 0.2) is 0 Å². The van der Waals surface area contributed by atoms with Crippen LogP contribution in [0.15, 0.2) is 64.6 Å². The van der Waals surface area contributed by atoms with Gasteiger partial charge in [-0.15, -0.1) is 0 Å². The van der Waals surface area contributed by atoms with Crippen LogP contribution in [0.25, 0.3) is 0 Å². The van der Waals surface area contributed by atoms with Crippen molar-refractivity contribution in [1.29, 1.82) is 0 Å². The van der Waals surface area contributed by atoms with Crippen molar-refractivity contribution >= 4 is 23.1 Å². The third-order valence-corrected chi connectivity index (χ3v) is 5.47.